The number of aromatic amines is 1. The summed E-state index contributed by atoms with van der Waals surface area (Å²) in [6.07, 6.45) is 1.33. The number of rotatable bonds is 4. The maximum absolute atomic E-state index is 11.6. The molecule has 0 aliphatic heterocycles. The molecule has 0 aromatic carbocycles. The standard InChI is InChI=1S/C9H15N3O3S/c1-9(2,3)7(13)6-11-16(14,15)8-4-5-10-12-8/h4-5,11H,6H2,1-3H3,(H,10,12). The monoisotopic (exact) mass is 245 g/mol. The lowest BCUT2D eigenvalue weighted by Gasteiger charge is -2.16. The van der Waals surface area contributed by atoms with Gasteiger partial charge in [0.1, 0.15) is 0 Å². The zero-order chi connectivity index (χ0) is 12.4. The van der Waals surface area contributed by atoms with Gasteiger partial charge in [0.25, 0.3) is 10.0 Å². The van der Waals surface area contributed by atoms with Crippen LogP contribution in [0, 0.1) is 5.41 Å². The van der Waals surface area contributed by atoms with Gasteiger partial charge in [-0.25, -0.2) is 13.1 Å². The number of carbonyl (C=O) groups excluding carboxylic acids is 1. The van der Waals surface area contributed by atoms with E-state index >= 15 is 0 Å². The van der Waals surface area contributed by atoms with E-state index in [2.05, 4.69) is 14.9 Å². The van der Waals surface area contributed by atoms with Crippen molar-refractivity contribution in [3.05, 3.63) is 12.3 Å². The summed E-state index contributed by atoms with van der Waals surface area (Å²) < 4.78 is 25.4. The Morgan fingerprint density at radius 2 is 2.12 bits per heavy atom. The molecular formula is C9H15N3O3S. The van der Waals surface area contributed by atoms with Crippen molar-refractivity contribution < 1.29 is 13.2 Å². The van der Waals surface area contributed by atoms with Gasteiger partial charge in [-0.05, 0) is 6.07 Å². The van der Waals surface area contributed by atoms with Crippen molar-refractivity contribution in [1.82, 2.24) is 14.9 Å². The minimum Gasteiger partial charge on any atom is -0.298 e. The van der Waals surface area contributed by atoms with Crippen LogP contribution in [0.3, 0.4) is 0 Å². The van der Waals surface area contributed by atoms with Crippen molar-refractivity contribution in [2.75, 3.05) is 6.54 Å². The van der Waals surface area contributed by atoms with E-state index in [1.807, 2.05) is 0 Å². The second kappa shape index (κ2) is 4.34. The van der Waals surface area contributed by atoms with Gasteiger partial charge in [0.15, 0.2) is 10.8 Å². The molecule has 0 bridgehead atoms. The van der Waals surface area contributed by atoms with Crippen molar-refractivity contribution in [2.45, 2.75) is 25.8 Å². The third-order valence-electron chi connectivity index (χ3n) is 2.02. The molecule has 1 aromatic heterocycles. The Kier molecular flexibility index (Phi) is 3.49. The number of hydrogen-bond acceptors (Lipinski definition) is 4. The number of Topliss-reactive ketones (excluding diaryl/α,β-unsaturated/α-hetero) is 1. The van der Waals surface area contributed by atoms with Crippen LogP contribution in [0.4, 0.5) is 0 Å². The van der Waals surface area contributed by atoms with E-state index < -0.39 is 15.4 Å². The van der Waals surface area contributed by atoms with Crippen LogP contribution in [0.5, 0.6) is 0 Å². The number of nitrogens with zero attached hydrogens (tertiary/aromatic N) is 1. The van der Waals surface area contributed by atoms with E-state index in [9.17, 15) is 13.2 Å². The van der Waals surface area contributed by atoms with Gasteiger partial charge in [0, 0.05) is 5.41 Å². The second-order valence-corrected chi connectivity index (χ2v) is 6.15. The van der Waals surface area contributed by atoms with Gasteiger partial charge >= 0.3 is 0 Å². The van der Waals surface area contributed by atoms with Crippen LogP contribution in [0.25, 0.3) is 0 Å². The van der Waals surface area contributed by atoms with Gasteiger partial charge in [-0.1, -0.05) is 20.8 Å². The summed E-state index contributed by atoms with van der Waals surface area (Å²) in [4.78, 5) is 11.5. The van der Waals surface area contributed by atoms with E-state index in [4.69, 9.17) is 0 Å². The highest BCUT2D eigenvalue weighted by Crippen LogP contribution is 2.14. The first-order chi connectivity index (χ1) is 7.23. The first-order valence-corrected chi connectivity index (χ1v) is 6.24. The molecule has 1 heterocycles. The molecule has 0 radical (unpaired) electrons. The summed E-state index contributed by atoms with van der Waals surface area (Å²) in [6.45, 7) is 4.99. The van der Waals surface area contributed by atoms with Gasteiger partial charge in [-0.3, -0.25) is 9.89 Å². The number of sulfonamides is 1. The normalized spacial score (nSPS) is 12.7. The molecule has 0 saturated carbocycles. The SMILES string of the molecule is CC(C)(C)C(=O)CNS(=O)(=O)c1ccn[nH]1. The van der Waals surface area contributed by atoms with Crippen LogP contribution in [-0.2, 0) is 14.8 Å². The molecule has 1 rings (SSSR count). The quantitative estimate of drug-likeness (QED) is 0.798. The molecule has 0 fully saturated rings. The van der Waals surface area contributed by atoms with E-state index in [0.29, 0.717) is 0 Å². The highest BCUT2D eigenvalue weighted by atomic mass is 32.2. The summed E-state index contributed by atoms with van der Waals surface area (Å²) in [5.41, 5.74) is -0.559. The highest BCUT2D eigenvalue weighted by Gasteiger charge is 2.24. The minimum absolute atomic E-state index is 0.0470. The molecule has 0 unspecified atom stereocenters. The van der Waals surface area contributed by atoms with Crippen LogP contribution in [-0.4, -0.2) is 30.9 Å². The summed E-state index contributed by atoms with van der Waals surface area (Å²) in [5.74, 6) is -0.171. The summed E-state index contributed by atoms with van der Waals surface area (Å²) in [7, 11) is -3.66. The van der Waals surface area contributed by atoms with Gasteiger partial charge in [-0.2, -0.15) is 5.10 Å². The number of carbonyl (C=O) groups is 1. The van der Waals surface area contributed by atoms with Crippen molar-refractivity contribution in [1.29, 1.82) is 0 Å². The summed E-state index contributed by atoms with van der Waals surface area (Å²) in [5, 5.41) is 5.82. The van der Waals surface area contributed by atoms with Crippen LogP contribution in [0.15, 0.2) is 17.3 Å². The molecule has 1 aromatic rings. The smallest absolute Gasteiger partial charge is 0.257 e. The Labute approximate surface area is 94.5 Å². The zero-order valence-electron chi connectivity index (χ0n) is 9.44. The highest BCUT2D eigenvalue weighted by molar-refractivity contribution is 7.89. The molecule has 7 heteroatoms. The van der Waals surface area contributed by atoms with E-state index in [1.54, 1.807) is 20.8 Å². The third kappa shape index (κ3) is 3.14. The average molecular weight is 245 g/mol. The predicted octanol–water partition coefficient (Wildman–Crippen LogP) is 0.303. The van der Waals surface area contributed by atoms with Crippen LogP contribution in [0.1, 0.15) is 20.8 Å². The molecule has 2 N–H and O–H groups in total. The molecule has 0 atom stereocenters. The molecule has 0 amide bonds. The van der Waals surface area contributed by atoms with Crippen LogP contribution in [0.2, 0.25) is 0 Å². The fourth-order valence-corrected chi connectivity index (χ4v) is 1.79. The van der Waals surface area contributed by atoms with Crippen molar-refractivity contribution in [2.24, 2.45) is 5.41 Å². The lowest BCUT2D eigenvalue weighted by atomic mass is 9.91. The average Bonchev–Trinajstić information content (AvgIpc) is 2.65. The molecule has 0 saturated heterocycles. The summed E-state index contributed by atoms with van der Waals surface area (Å²) >= 11 is 0. The van der Waals surface area contributed by atoms with Crippen molar-refractivity contribution >= 4 is 15.8 Å². The topological polar surface area (TPSA) is 91.9 Å². The molecule has 6 nitrogen and oxygen atoms in total. The Hall–Kier alpha value is -1.21. The van der Waals surface area contributed by atoms with E-state index in [0.717, 1.165) is 0 Å². The zero-order valence-corrected chi connectivity index (χ0v) is 10.3. The van der Waals surface area contributed by atoms with Gasteiger partial charge in [0.2, 0.25) is 0 Å². The van der Waals surface area contributed by atoms with Gasteiger partial charge in [0.05, 0.1) is 12.7 Å². The molecule has 0 aliphatic carbocycles. The van der Waals surface area contributed by atoms with Crippen molar-refractivity contribution in [3.63, 3.8) is 0 Å². The molecule has 16 heavy (non-hydrogen) atoms. The number of hydrogen-bond donors (Lipinski definition) is 2. The number of H-pyrrole nitrogens is 1. The predicted molar refractivity (Wildman–Crippen MR) is 58.2 cm³/mol. The number of nitrogens with one attached hydrogen (secondary N) is 2. The number of ketones is 1. The summed E-state index contributed by atoms with van der Waals surface area (Å²) in [6, 6.07) is 1.32. The first-order valence-electron chi connectivity index (χ1n) is 4.76. The third-order valence-corrected chi connectivity index (χ3v) is 3.35. The van der Waals surface area contributed by atoms with Gasteiger partial charge in [-0.15, -0.1) is 0 Å². The Morgan fingerprint density at radius 3 is 2.56 bits per heavy atom. The molecular weight excluding hydrogens is 230 g/mol. The van der Waals surface area contributed by atoms with E-state index in [1.165, 1.54) is 12.3 Å². The van der Waals surface area contributed by atoms with Crippen molar-refractivity contribution in [3.8, 4) is 0 Å². The minimum atomic E-state index is -3.66. The number of aromatic nitrogens is 2. The first kappa shape index (κ1) is 12.9. The lowest BCUT2D eigenvalue weighted by Crippen LogP contribution is -2.35. The van der Waals surface area contributed by atoms with E-state index in [-0.39, 0.29) is 17.4 Å². The van der Waals surface area contributed by atoms with Crippen LogP contribution >= 0.6 is 0 Å². The molecule has 90 valence electrons. The maximum Gasteiger partial charge on any atom is 0.257 e. The fourth-order valence-electron chi connectivity index (χ4n) is 0.896. The Bertz CT molecular complexity index is 457. The Balaban J connectivity index is 2.67. The molecule has 0 aliphatic rings. The fraction of sp³-hybridized carbons (Fsp3) is 0.556. The Morgan fingerprint density at radius 1 is 1.50 bits per heavy atom. The second-order valence-electron chi connectivity index (χ2n) is 4.42. The lowest BCUT2D eigenvalue weighted by molar-refractivity contribution is -0.125. The molecule has 0 spiro atoms. The van der Waals surface area contributed by atoms with Crippen LogP contribution < -0.4 is 4.72 Å². The largest absolute Gasteiger partial charge is 0.298 e. The van der Waals surface area contributed by atoms with Gasteiger partial charge < -0.3 is 0 Å². The maximum atomic E-state index is 11.6.